The molecule has 168 valence electrons. The summed E-state index contributed by atoms with van der Waals surface area (Å²) in [5.74, 6) is -0.327. The summed E-state index contributed by atoms with van der Waals surface area (Å²) < 4.78 is 17.0. The number of benzene rings is 2. The van der Waals surface area contributed by atoms with E-state index in [0.717, 1.165) is 16.9 Å². The maximum atomic E-state index is 14.0. The number of piperidine rings is 1. The highest BCUT2D eigenvalue weighted by Gasteiger charge is 2.47. The van der Waals surface area contributed by atoms with Crippen molar-refractivity contribution in [1.29, 1.82) is 0 Å². The molecule has 5 rings (SSSR count). The van der Waals surface area contributed by atoms with Crippen LogP contribution in [0, 0.1) is 0 Å². The van der Waals surface area contributed by atoms with Gasteiger partial charge >= 0.3 is 0 Å². The van der Waals surface area contributed by atoms with E-state index in [1.165, 1.54) is 0 Å². The molecule has 0 aliphatic carbocycles. The van der Waals surface area contributed by atoms with Gasteiger partial charge in [0.15, 0.2) is 5.79 Å². The lowest BCUT2D eigenvalue weighted by Gasteiger charge is -2.44. The van der Waals surface area contributed by atoms with Crippen LogP contribution in [0.15, 0.2) is 48.5 Å². The summed E-state index contributed by atoms with van der Waals surface area (Å²) in [5, 5.41) is 0. The second-order valence-corrected chi connectivity index (χ2v) is 8.63. The maximum Gasteiger partial charge on any atom is 0.254 e. The highest BCUT2D eigenvalue weighted by molar-refractivity contribution is 6.01. The van der Waals surface area contributed by atoms with E-state index in [9.17, 15) is 9.59 Å². The van der Waals surface area contributed by atoms with Gasteiger partial charge in [0.25, 0.3) is 5.91 Å². The van der Waals surface area contributed by atoms with Crippen molar-refractivity contribution in [3.05, 3.63) is 65.2 Å². The second-order valence-electron chi connectivity index (χ2n) is 8.63. The van der Waals surface area contributed by atoms with E-state index in [0.29, 0.717) is 44.7 Å². The Hall–Kier alpha value is -2.90. The molecule has 3 aliphatic rings. The molecule has 2 aromatic rings. The van der Waals surface area contributed by atoms with Crippen LogP contribution in [0.1, 0.15) is 46.3 Å². The summed E-state index contributed by atoms with van der Waals surface area (Å²) in [4.78, 5) is 30.7. The normalized spacial score (nSPS) is 24.5. The first-order valence-electron chi connectivity index (χ1n) is 11.1. The summed E-state index contributed by atoms with van der Waals surface area (Å²) in [6.07, 6.45) is 1.32. The number of rotatable bonds is 3. The Balaban J connectivity index is 1.50. The molecule has 0 saturated carbocycles. The second kappa shape index (κ2) is 8.22. The first kappa shape index (κ1) is 21.0. The molecule has 0 radical (unpaired) electrons. The molecule has 3 aliphatic heterocycles. The smallest absolute Gasteiger partial charge is 0.254 e. The van der Waals surface area contributed by atoms with Crippen LogP contribution in [-0.4, -0.2) is 67.9 Å². The van der Waals surface area contributed by atoms with Gasteiger partial charge in [-0.25, -0.2) is 0 Å². The zero-order chi connectivity index (χ0) is 22.3. The van der Waals surface area contributed by atoms with Crippen molar-refractivity contribution < 1.29 is 23.8 Å². The molecule has 2 saturated heterocycles. The van der Waals surface area contributed by atoms with E-state index in [1.807, 2.05) is 53.4 Å². The topological polar surface area (TPSA) is 68.3 Å². The minimum atomic E-state index is -0.538. The highest BCUT2D eigenvalue weighted by atomic mass is 16.7. The van der Waals surface area contributed by atoms with Gasteiger partial charge in [0.05, 0.1) is 32.3 Å². The Morgan fingerprint density at radius 1 is 1.03 bits per heavy atom. The van der Waals surface area contributed by atoms with E-state index in [1.54, 1.807) is 19.1 Å². The van der Waals surface area contributed by atoms with Crippen LogP contribution in [0.2, 0.25) is 0 Å². The van der Waals surface area contributed by atoms with Gasteiger partial charge in [-0.3, -0.25) is 9.59 Å². The Bertz CT molecular complexity index is 1010. The van der Waals surface area contributed by atoms with Crippen LogP contribution in [0.3, 0.4) is 0 Å². The first-order chi connectivity index (χ1) is 15.5. The van der Waals surface area contributed by atoms with Crippen molar-refractivity contribution >= 4 is 11.8 Å². The van der Waals surface area contributed by atoms with E-state index in [4.69, 9.17) is 14.2 Å². The highest BCUT2D eigenvalue weighted by Crippen LogP contribution is 2.44. The van der Waals surface area contributed by atoms with Crippen molar-refractivity contribution in [2.75, 3.05) is 40.5 Å². The van der Waals surface area contributed by atoms with Gasteiger partial charge in [-0.15, -0.1) is 0 Å². The lowest BCUT2D eigenvalue weighted by molar-refractivity contribution is -0.188. The number of fused-ring (bicyclic) bond motifs is 1. The molecule has 0 unspecified atom stereocenters. The Morgan fingerprint density at radius 2 is 1.69 bits per heavy atom. The monoisotopic (exact) mass is 436 g/mol. The predicted octanol–water partition coefficient (Wildman–Crippen LogP) is 2.97. The standard InChI is InChI=1S/C25H28N2O5/c1-26-22(17-7-9-18(30-2)10-8-17)21(19-5-3-4-6-20(19)23(26)28)24(29)27-13-11-25(12-14-27)31-15-16-32-25/h3-10,21-22H,11-16H2,1-2H3/t21-,22+/m1/s1. The summed E-state index contributed by atoms with van der Waals surface area (Å²) in [5.41, 5.74) is 2.29. The minimum Gasteiger partial charge on any atom is -0.497 e. The average molecular weight is 437 g/mol. The van der Waals surface area contributed by atoms with Crippen LogP contribution in [0.25, 0.3) is 0 Å². The number of likely N-dealkylation sites (tertiary alicyclic amines) is 1. The van der Waals surface area contributed by atoms with Crippen molar-refractivity contribution in [3.63, 3.8) is 0 Å². The van der Waals surface area contributed by atoms with Gasteiger partial charge < -0.3 is 24.0 Å². The molecule has 0 bridgehead atoms. The van der Waals surface area contributed by atoms with Gasteiger partial charge in [-0.05, 0) is 29.3 Å². The van der Waals surface area contributed by atoms with Gasteiger partial charge in [-0.2, -0.15) is 0 Å². The predicted molar refractivity (Wildman–Crippen MR) is 117 cm³/mol. The zero-order valence-corrected chi connectivity index (χ0v) is 18.5. The third kappa shape index (κ3) is 3.45. The third-order valence-corrected chi connectivity index (χ3v) is 6.95. The van der Waals surface area contributed by atoms with Gasteiger partial charge in [0.2, 0.25) is 5.91 Å². The Morgan fingerprint density at radius 3 is 2.34 bits per heavy atom. The molecule has 1 spiro atoms. The van der Waals surface area contributed by atoms with Crippen molar-refractivity contribution in [2.45, 2.75) is 30.6 Å². The third-order valence-electron chi connectivity index (χ3n) is 6.95. The minimum absolute atomic E-state index is 0.0328. The van der Waals surface area contributed by atoms with Crippen LogP contribution in [-0.2, 0) is 14.3 Å². The Labute approximate surface area is 187 Å². The number of methoxy groups -OCH3 is 1. The number of ether oxygens (including phenoxy) is 3. The molecule has 2 amide bonds. The maximum absolute atomic E-state index is 14.0. The zero-order valence-electron chi connectivity index (χ0n) is 18.5. The summed E-state index contributed by atoms with van der Waals surface area (Å²) in [7, 11) is 3.40. The van der Waals surface area contributed by atoms with Gasteiger partial charge in [0.1, 0.15) is 5.75 Å². The molecule has 3 heterocycles. The lowest BCUT2D eigenvalue weighted by atomic mass is 9.79. The molecular formula is C25H28N2O5. The first-order valence-corrected chi connectivity index (χ1v) is 11.1. The number of nitrogens with zero attached hydrogens (tertiary/aromatic N) is 2. The number of carbonyl (C=O) groups excluding carboxylic acids is 2. The van der Waals surface area contributed by atoms with E-state index < -0.39 is 17.7 Å². The largest absolute Gasteiger partial charge is 0.497 e. The molecule has 2 atom stereocenters. The van der Waals surface area contributed by atoms with Crippen LogP contribution >= 0.6 is 0 Å². The molecular weight excluding hydrogens is 408 g/mol. The fraction of sp³-hybridized carbons (Fsp3) is 0.440. The lowest BCUT2D eigenvalue weighted by Crippen LogP contribution is -2.51. The summed E-state index contributed by atoms with van der Waals surface area (Å²) in [6, 6.07) is 14.7. The molecule has 0 N–H and O–H groups in total. The molecule has 0 aromatic heterocycles. The van der Waals surface area contributed by atoms with Gasteiger partial charge in [-0.1, -0.05) is 30.3 Å². The van der Waals surface area contributed by atoms with Gasteiger partial charge in [0, 0.05) is 38.5 Å². The van der Waals surface area contributed by atoms with E-state index in [2.05, 4.69) is 0 Å². The van der Waals surface area contributed by atoms with Crippen molar-refractivity contribution in [2.24, 2.45) is 0 Å². The van der Waals surface area contributed by atoms with Crippen molar-refractivity contribution in [3.8, 4) is 5.75 Å². The average Bonchev–Trinajstić information content (AvgIpc) is 3.29. The van der Waals surface area contributed by atoms with Crippen LogP contribution in [0.4, 0.5) is 0 Å². The fourth-order valence-corrected chi connectivity index (χ4v) is 5.21. The quantitative estimate of drug-likeness (QED) is 0.740. The molecule has 2 fully saturated rings. The molecule has 2 aromatic carbocycles. The van der Waals surface area contributed by atoms with Crippen molar-refractivity contribution in [1.82, 2.24) is 9.80 Å². The summed E-state index contributed by atoms with van der Waals surface area (Å²) >= 11 is 0. The summed E-state index contributed by atoms with van der Waals surface area (Å²) in [6.45, 7) is 2.36. The molecule has 7 nitrogen and oxygen atoms in total. The number of hydrogen-bond acceptors (Lipinski definition) is 5. The molecule has 32 heavy (non-hydrogen) atoms. The van der Waals surface area contributed by atoms with Crippen LogP contribution < -0.4 is 4.74 Å². The van der Waals surface area contributed by atoms with E-state index in [-0.39, 0.29) is 11.8 Å². The van der Waals surface area contributed by atoms with E-state index >= 15 is 0 Å². The molecule has 7 heteroatoms. The fourth-order valence-electron chi connectivity index (χ4n) is 5.21. The Kier molecular flexibility index (Phi) is 5.39. The number of likely N-dealkylation sites (N-methyl/N-ethyl adjacent to an activating group) is 1. The van der Waals surface area contributed by atoms with Crippen LogP contribution in [0.5, 0.6) is 5.75 Å². The SMILES string of the molecule is COc1ccc([C@H]2[C@H](C(=O)N3CCC4(CC3)OCCO4)c3ccccc3C(=O)N2C)cc1. The number of amides is 2. The number of carbonyl (C=O) groups is 2. The number of hydrogen-bond donors (Lipinski definition) is 0.